The maximum Gasteiger partial charge on any atom is 0.269 e. The van der Waals surface area contributed by atoms with E-state index in [1.807, 2.05) is 12.1 Å². The molecule has 0 aliphatic carbocycles. The van der Waals surface area contributed by atoms with E-state index >= 15 is 0 Å². The van der Waals surface area contributed by atoms with Gasteiger partial charge in [0.25, 0.3) is 23.4 Å². The van der Waals surface area contributed by atoms with Crippen LogP contribution in [0.2, 0.25) is 0 Å². The van der Waals surface area contributed by atoms with Crippen LogP contribution in [0.25, 0.3) is 0 Å². The summed E-state index contributed by atoms with van der Waals surface area (Å²) in [6, 6.07) is 18.6. The molecule has 37 heavy (non-hydrogen) atoms. The zero-order chi connectivity index (χ0) is 27.2. The fourth-order valence-corrected chi connectivity index (χ4v) is 3.30. The number of anilines is 1. The summed E-state index contributed by atoms with van der Waals surface area (Å²) in [6.07, 6.45) is 0. The maximum absolute atomic E-state index is 12.5. The SMILES string of the molecule is CC(C)(C)c1ccc(C(=O)Nc2ccc(C(=O)NNC(=S)NC(=O)c3ccc([N+](=O)[O-])cc3)cc2)cc1. The molecule has 3 aromatic rings. The molecule has 0 aromatic heterocycles. The number of amides is 3. The molecule has 0 aliphatic rings. The lowest BCUT2D eigenvalue weighted by molar-refractivity contribution is -0.384. The molecule has 0 unspecified atom stereocenters. The summed E-state index contributed by atoms with van der Waals surface area (Å²) in [5, 5.41) is 15.7. The molecule has 0 bridgehead atoms. The third-order valence-electron chi connectivity index (χ3n) is 5.28. The molecule has 0 fully saturated rings. The average Bonchev–Trinajstić information content (AvgIpc) is 2.87. The lowest BCUT2D eigenvalue weighted by Gasteiger charge is -2.19. The van der Waals surface area contributed by atoms with Gasteiger partial charge in [-0.2, -0.15) is 0 Å². The van der Waals surface area contributed by atoms with Gasteiger partial charge in [0.1, 0.15) is 0 Å². The van der Waals surface area contributed by atoms with Crippen molar-refractivity contribution in [2.45, 2.75) is 26.2 Å². The minimum atomic E-state index is -0.602. The molecule has 0 atom stereocenters. The van der Waals surface area contributed by atoms with E-state index in [2.05, 4.69) is 42.3 Å². The number of nitro groups is 1. The molecule has 3 rings (SSSR count). The van der Waals surface area contributed by atoms with Gasteiger partial charge in [0.05, 0.1) is 4.92 Å². The predicted octanol–water partition coefficient (Wildman–Crippen LogP) is 4.09. The van der Waals surface area contributed by atoms with E-state index in [1.54, 1.807) is 24.3 Å². The highest BCUT2D eigenvalue weighted by Crippen LogP contribution is 2.22. The van der Waals surface area contributed by atoms with Gasteiger partial charge in [-0.15, -0.1) is 0 Å². The third kappa shape index (κ3) is 7.42. The van der Waals surface area contributed by atoms with Crippen LogP contribution in [0, 0.1) is 10.1 Å². The summed E-state index contributed by atoms with van der Waals surface area (Å²) in [6.45, 7) is 6.29. The van der Waals surface area contributed by atoms with Crippen LogP contribution in [0.3, 0.4) is 0 Å². The normalized spacial score (nSPS) is 10.7. The lowest BCUT2D eigenvalue weighted by atomic mass is 9.87. The van der Waals surface area contributed by atoms with E-state index < -0.39 is 16.7 Å². The van der Waals surface area contributed by atoms with Crippen molar-refractivity contribution >= 4 is 46.4 Å². The minimum Gasteiger partial charge on any atom is -0.322 e. The standard InChI is InChI=1S/C26H25N5O5S/c1-26(2,3)19-10-4-16(5-11-19)22(32)27-20-12-6-18(7-13-20)24(34)29-30-25(37)28-23(33)17-8-14-21(15-9-17)31(35)36/h4-15H,1-3H3,(H,27,32)(H,29,34)(H2,28,30,33,37). The first-order valence-corrected chi connectivity index (χ1v) is 11.5. The molecule has 0 saturated heterocycles. The van der Waals surface area contributed by atoms with Crippen molar-refractivity contribution in [2.24, 2.45) is 0 Å². The van der Waals surface area contributed by atoms with Gasteiger partial charge >= 0.3 is 0 Å². The molecule has 10 nitrogen and oxygen atoms in total. The van der Waals surface area contributed by atoms with Crippen LogP contribution in [-0.2, 0) is 5.41 Å². The first kappa shape index (κ1) is 27.0. The number of hydrogen-bond acceptors (Lipinski definition) is 6. The van der Waals surface area contributed by atoms with Gasteiger partial charge in [0.15, 0.2) is 5.11 Å². The van der Waals surface area contributed by atoms with Gasteiger partial charge in [-0.1, -0.05) is 32.9 Å². The van der Waals surface area contributed by atoms with Crippen LogP contribution in [0.5, 0.6) is 0 Å². The topological polar surface area (TPSA) is 142 Å². The Bertz CT molecular complexity index is 1330. The van der Waals surface area contributed by atoms with E-state index in [-0.39, 0.29) is 33.2 Å². The third-order valence-corrected chi connectivity index (χ3v) is 5.48. The molecule has 4 N–H and O–H groups in total. The van der Waals surface area contributed by atoms with Gasteiger partial charge in [0, 0.05) is 34.5 Å². The molecular weight excluding hydrogens is 494 g/mol. The Kier molecular flexibility index (Phi) is 8.30. The number of rotatable bonds is 5. The van der Waals surface area contributed by atoms with E-state index in [9.17, 15) is 24.5 Å². The van der Waals surface area contributed by atoms with Crippen LogP contribution in [0.15, 0.2) is 72.8 Å². The number of nitrogens with zero attached hydrogens (tertiary/aromatic N) is 1. The molecule has 0 radical (unpaired) electrons. The minimum absolute atomic E-state index is 0.0111. The Morgan fingerprint density at radius 3 is 1.76 bits per heavy atom. The number of carbonyl (C=O) groups excluding carboxylic acids is 3. The molecule has 3 aromatic carbocycles. The highest BCUT2D eigenvalue weighted by molar-refractivity contribution is 7.80. The van der Waals surface area contributed by atoms with Crippen LogP contribution < -0.4 is 21.5 Å². The van der Waals surface area contributed by atoms with Crippen LogP contribution >= 0.6 is 12.2 Å². The number of carbonyl (C=O) groups is 3. The Morgan fingerprint density at radius 1 is 0.730 bits per heavy atom. The highest BCUT2D eigenvalue weighted by Gasteiger charge is 2.15. The number of nitrogens with one attached hydrogen (secondary N) is 4. The van der Waals surface area contributed by atoms with E-state index in [0.717, 1.165) is 5.56 Å². The van der Waals surface area contributed by atoms with Crippen LogP contribution in [0.4, 0.5) is 11.4 Å². The monoisotopic (exact) mass is 519 g/mol. The summed E-state index contributed by atoms with van der Waals surface area (Å²) in [7, 11) is 0. The smallest absolute Gasteiger partial charge is 0.269 e. The molecule has 190 valence electrons. The number of nitro benzene ring substituents is 1. The predicted molar refractivity (Wildman–Crippen MR) is 143 cm³/mol. The van der Waals surface area contributed by atoms with E-state index in [4.69, 9.17) is 12.2 Å². The van der Waals surface area contributed by atoms with Gasteiger partial charge in [-0.3, -0.25) is 40.7 Å². The molecule has 0 spiro atoms. The summed E-state index contributed by atoms with van der Waals surface area (Å²) < 4.78 is 0. The first-order valence-electron chi connectivity index (χ1n) is 11.1. The average molecular weight is 520 g/mol. The zero-order valence-electron chi connectivity index (χ0n) is 20.3. The largest absolute Gasteiger partial charge is 0.322 e. The van der Waals surface area contributed by atoms with Crippen molar-refractivity contribution in [3.8, 4) is 0 Å². The van der Waals surface area contributed by atoms with E-state index in [1.165, 1.54) is 36.4 Å². The van der Waals surface area contributed by atoms with Crippen molar-refractivity contribution in [1.29, 1.82) is 0 Å². The van der Waals surface area contributed by atoms with Gasteiger partial charge in [-0.25, -0.2) is 0 Å². The Morgan fingerprint density at radius 2 is 1.22 bits per heavy atom. The summed E-state index contributed by atoms with van der Waals surface area (Å²) in [4.78, 5) is 47.2. The summed E-state index contributed by atoms with van der Waals surface area (Å²) in [5.41, 5.74) is 7.21. The van der Waals surface area contributed by atoms with Gasteiger partial charge < -0.3 is 5.32 Å². The number of hydrogen-bond donors (Lipinski definition) is 4. The quantitative estimate of drug-likeness (QED) is 0.226. The number of benzene rings is 3. The van der Waals surface area contributed by atoms with Crippen molar-refractivity contribution < 1.29 is 19.3 Å². The number of non-ortho nitro benzene ring substituents is 1. The molecule has 3 amide bonds. The molecule has 0 aliphatic heterocycles. The second-order valence-electron chi connectivity index (χ2n) is 9.03. The molecular formula is C26H25N5O5S. The maximum atomic E-state index is 12.5. The lowest BCUT2D eigenvalue weighted by Crippen LogP contribution is -2.48. The Labute approximate surface area is 218 Å². The Balaban J connectivity index is 1.49. The number of thiocarbonyl (C=S) groups is 1. The van der Waals surface area contributed by atoms with Crippen molar-refractivity contribution in [1.82, 2.24) is 16.2 Å². The van der Waals surface area contributed by atoms with Crippen molar-refractivity contribution in [3.63, 3.8) is 0 Å². The van der Waals surface area contributed by atoms with Crippen molar-refractivity contribution in [2.75, 3.05) is 5.32 Å². The second-order valence-corrected chi connectivity index (χ2v) is 9.43. The summed E-state index contributed by atoms with van der Waals surface area (Å²) in [5.74, 6) is -1.40. The van der Waals surface area contributed by atoms with Crippen molar-refractivity contribution in [3.05, 3.63) is 105 Å². The highest BCUT2D eigenvalue weighted by atomic mass is 32.1. The molecule has 0 heterocycles. The van der Waals surface area contributed by atoms with Crippen LogP contribution in [0.1, 0.15) is 57.4 Å². The van der Waals surface area contributed by atoms with Gasteiger partial charge in [-0.05, 0) is 71.7 Å². The molecule has 11 heteroatoms. The Hall–Kier alpha value is -4.64. The number of hydrazine groups is 1. The van der Waals surface area contributed by atoms with Crippen LogP contribution in [-0.4, -0.2) is 27.8 Å². The van der Waals surface area contributed by atoms with E-state index in [0.29, 0.717) is 11.3 Å². The zero-order valence-corrected chi connectivity index (χ0v) is 21.1. The summed E-state index contributed by atoms with van der Waals surface area (Å²) >= 11 is 5.00. The second kappa shape index (κ2) is 11.4. The molecule has 0 saturated carbocycles. The fraction of sp³-hybridized carbons (Fsp3) is 0.154. The van der Waals surface area contributed by atoms with Gasteiger partial charge in [0.2, 0.25) is 0 Å². The first-order chi connectivity index (χ1) is 17.4. The fourth-order valence-electron chi connectivity index (χ4n) is 3.16.